The number of aryl methyl sites for hydroxylation is 1. The van der Waals surface area contributed by atoms with Gasteiger partial charge in [-0.3, -0.25) is 4.79 Å². The summed E-state index contributed by atoms with van der Waals surface area (Å²) in [5, 5.41) is 0. The molecular formula is C18H28N2O4. The molecule has 1 aliphatic heterocycles. The number of H-pyrrole nitrogens is 1. The molecule has 2 rings (SSSR count). The van der Waals surface area contributed by atoms with Crippen molar-refractivity contribution in [1.29, 1.82) is 0 Å². The van der Waals surface area contributed by atoms with Crippen LogP contribution in [0.25, 0.3) is 0 Å². The Hall–Kier alpha value is -1.82. The molecule has 1 N–H and O–H groups in total. The van der Waals surface area contributed by atoms with Crippen LogP contribution in [0.1, 0.15) is 58.3 Å². The number of likely N-dealkylation sites (tertiary alicyclic amines) is 1. The van der Waals surface area contributed by atoms with Crippen molar-refractivity contribution in [1.82, 2.24) is 9.88 Å². The van der Waals surface area contributed by atoms with Gasteiger partial charge in [-0.25, -0.2) is 4.79 Å². The van der Waals surface area contributed by atoms with Crippen LogP contribution in [0.2, 0.25) is 0 Å². The number of nitrogens with one attached hydrogen (secondary N) is 1. The lowest BCUT2D eigenvalue weighted by Gasteiger charge is -2.20. The van der Waals surface area contributed by atoms with E-state index in [1.807, 2.05) is 4.90 Å². The first-order chi connectivity index (χ1) is 11.5. The van der Waals surface area contributed by atoms with Crippen LogP contribution in [0.3, 0.4) is 0 Å². The standard InChI is InChI=1S/C18H28N2O4/c1-12-6-5-8-20(9-7-12)17(21)16-13(2)15(14(3)19-16)18(22)24-11-10-23-4/h12,19H,5-11H2,1-4H3/t12-/m0/s1. The van der Waals surface area contributed by atoms with Gasteiger partial charge in [0, 0.05) is 25.9 Å². The van der Waals surface area contributed by atoms with Crippen LogP contribution in [0, 0.1) is 19.8 Å². The zero-order chi connectivity index (χ0) is 17.7. The van der Waals surface area contributed by atoms with Gasteiger partial charge in [0.05, 0.1) is 12.2 Å². The molecule has 0 aromatic carbocycles. The molecule has 0 unspecified atom stereocenters. The second-order valence-electron chi connectivity index (χ2n) is 6.58. The van der Waals surface area contributed by atoms with E-state index in [4.69, 9.17) is 9.47 Å². The quantitative estimate of drug-likeness (QED) is 0.663. The van der Waals surface area contributed by atoms with E-state index in [9.17, 15) is 9.59 Å². The van der Waals surface area contributed by atoms with Gasteiger partial charge in [0.15, 0.2) is 0 Å². The van der Waals surface area contributed by atoms with Crippen LogP contribution in [0.4, 0.5) is 0 Å². The minimum absolute atomic E-state index is 0.0272. The Labute approximate surface area is 143 Å². The number of rotatable bonds is 5. The number of hydrogen-bond donors (Lipinski definition) is 1. The maximum Gasteiger partial charge on any atom is 0.340 e. The van der Waals surface area contributed by atoms with Crippen molar-refractivity contribution in [2.24, 2.45) is 5.92 Å². The Morgan fingerprint density at radius 1 is 1.21 bits per heavy atom. The molecule has 0 saturated carbocycles. The van der Waals surface area contributed by atoms with Crippen molar-refractivity contribution in [2.45, 2.75) is 40.0 Å². The lowest BCUT2D eigenvalue weighted by Crippen LogP contribution is -2.32. The molecule has 0 aliphatic carbocycles. The maximum atomic E-state index is 12.9. The van der Waals surface area contributed by atoms with E-state index in [-0.39, 0.29) is 12.5 Å². The van der Waals surface area contributed by atoms with E-state index in [1.165, 1.54) is 0 Å². The second kappa shape index (κ2) is 8.33. The third-order valence-electron chi connectivity index (χ3n) is 4.68. The predicted octanol–water partition coefficient (Wildman–Crippen LogP) is 2.70. The molecule has 0 spiro atoms. The summed E-state index contributed by atoms with van der Waals surface area (Å²) in [6.45, 7) is 7.91. The first-order valence-electron chi connectivity index (χ1n) is 8.60. The lowest BCUT2D eigenvalue weighted by molar-refractivity contribution is 0.0387. The number of ether oxygens (including phenoxy) is 2. The van der Waals surface area contributed by atoms with Crippen LogP contribution in [-0.2, 0) is 9.47 Å². The third-order valence-corrected chi connectivity index (χ3v) is 4.68. The third kappa shape index (κ3) is 4.17. The second-order valence-corrected chi connectivity index (χ2v) is 6.58. The maximum absolute atomic E-state index is 12.9. The van der Waals surface area contributed by atoms with E-state index in [2.05, 4.69) is 11.9 Å². The molecule has 1 fully saturated rings. The summed E-state index contributed by atoms with van der Waals surface area (Å²) in [7, 11) is 1.56. The van der Waals surface area contributed by atoms with Gasteiger partial charge in [0.2, 0.25) is 0 Å². The van der Waals surface area contributed by atoms with Gasteiger partial charge in [-0.2, -0.15) is 0 Å². The number of methoxy groups -OCH3 is 1. The molecule has 1 saturated heterocycles. The molecule has 1 aliphatic rings. The van der Waals surface area contributed by atoms with E-state index in [1.54, 1.807) is 21.0 Å². The summed E-state index contributed by atoms with van der Waals surface area (Å²) in [4.78, 5) is 30.1. The van der Waals surface area contributed by atoms with E-state index in [0.29, 0.717) is 35.0 Å². The Balaban J connectivity index is 2.15. The molecule has 0 bridgehead atoms. The Bertz CT molecular complexity index is 594. The fourth-order valence-electron chi connectivity index (χ4n) is 3.18. The Morgan fingerprint density at radius 3 is 2.67 bits per heavy atom. The number of aromatic amines is 1. The average molecular weight is 336 g/mol. The first-order valence-corrected chi connectivity index (χ1v) is 8.60. The van der Waals surface area contributed by atoms with Crippen molar-refractivity contribution >= 4 is 11.9 Å². The average Bonchev–Trinajstić information content (AvgIpc) is 2.71. The smallest absolute Gasteiger partial charge is 0.340 e. The molecule has 0 radical (unpaired) electrons. The van der Waals surface area contributed by atoms with Crippen molar-refractivity contribution in [3.8, 4) is 0 Å². The van der Waals surface area contributed by atoms with E-state index >= 15 is 0 Å². The summed E-state index contributed by atoms with van der Waals surface area (Å²) in [6.07, 6.45) is 3.21. The van der Waals surface area contributed by atoms with Crippen LogP contribution in [0.5, 0.6) is 0 Å². The summed E-state index contributed by atoms with van der Waals surface area (Å²) < 4.78 is 10.1. The number of esters is 1. The summed E-state index contributed by atoms with van der Waals surface area (Å²) in [6, 6.07) is 0. The topological polar surface area (TPSA) is 71.6 Å². The first kappa shape index (κ1) is 18.5. The normalized spacial score (nSPS) is 18.3. The van der Waals surface area contributed by atoms with Crippen LogP contribution in [-0.4, -0.2) is 55.2 Å². The Morgan fingerprint density at radius 2 is 1.96 bits per heavy atom. The van der Waals surface area contributed by atoms with Gasteiger partial charge >= 0.3 is 5.97 Å². The zero-order valence-corrected chi connectivity index (χ0v) is 15.1. The highest BCUT2D eigenvalue weighted by Crippen LogP contribution is 2.23. The molecule has 6 heteroatoms. The molecule has 1 aromatic heterocycles. The van der Waals surface area contributed by atoms with Crippen molar-refractivity contribution in [2.75, 3.05) is 33.4 Å². The van der Waals surface area contributed by atoms with Crippen LogP contribution >= 0.6 is 0 Å². The monoisotopic (exact) mass is 336 g/mol. The predicted molar refractivity (Wildman–Crippen MR) is 91.3 cm³/mol. The molecule has 6 nitrogen and oxygen atoms in total. The lowest BCUT2D eigenvalue weighted by atomic mass is 10.0. The van der Waals surface area contributed by atoms with Gasteiger partial charge in [0.1, 0.15) is 12.3 Å². The Kier molecular flexibility index (Phi) is 6.43. The van der Waals surface area contributed by atoms with E-state index < -0.39 is 5.97 Å². The molecule has 2 heterocycles. The molecule has 24 heavy (non-hydrogen) atoms. The van der Waals surface area contributed by atoms with Gasteiger partial charge in [-0.1, -0.05) is 6.92 Å². The summed E-state index contributed by atoms with van der Waals surface area (Å²) >= 11 is 0. The number of nitrogens with zero attached hydrogens (tertiary/aromatic N) is 1. The molecule has 1 atom stereocenters. The number of hydrogen-bond acceptors (Lipinski definition) is 4. The summed E-state index contributed by atoms with van der Waals surface area (Å²) in [5.74, 6) is 0.211. The van der Waals surface area contributed by atoms with Crippen molar-refractivity contribution in [3.05, 3.63) is 22.5 Å². The van der Waals surface area contributed by atoms with Crippen molar-refractivity contribution in [3.63, 3.8) is 0 Å². The summed E-state index contributed by atoms with van der Waals surface area (Å²) in [5.41, 5.74) is 2.29. The fourth-order valence-corrected chi connectivity index (χ4v) is 3.18. The van der Waals surface area contributed by atoms with Crippen molar-refractivity contribution < 1.29 is 19.1 Å². The SMILES string of the molecule is COCCOC(=O)c1c(C)[nH]c(C(=O)N2CCC[C@H](C)CC2)c1C. The highest BCUT2D eigenvalue weighted by Gasteiger charge is 2.27. The number of aromatic nitrogens is 1. The molecular weight excluding hydrogens is 308 g/mol. The van der Waals surface area contributed by atoms with E-state index in [0.717, 1.165) is 32.4 Å². The number of carbonyl (C=O) groups is 2. The van der Waals surface area contributed by atoms with Gasteiger partial charge in [-0.05, 0) is 44.6 Å². The molecule has 134 valence electrons. The van der Waals surface area contributed by atoms with Gasteiger partial charge in [0.25, 0.3) is 5.91 Å². The van der Waals surface area contributed by atoms with Gasteiger partial charge in [-0.15, -0.1) is 0 Å². The minimum atomic E-state index is -0.415. The number of carbonyl (C=O) groups excluding carboxylic acids is 2. The van der Waals surface area contributed by atoms with Gasteiger partial charge < -0.3 is 19.4 Å². The minimum Gasteiger partial charge on any atom is -0.460 e. The fraction of sp³-hybridized carbons (Fsp3) is 0.667. The highest BCUT2D eigenvalue weighted by molar-refractivity contribution is 6.00. The van der Waals surface area contributed by atoms with Crippen LogP contribution < -0.4 is 0 Å². The zero-order valence-electron chi connectivity index (χ0n) is 15.1. The highest BCUT2D eigenvalue weighted by atomic mass is 16.6. The number of amides is 1. The molecule has 1 aromatic rings. The largest absolute Gasteiger partial charge is 0.460 e. The van der Waals surface area contributed by atoms with Crippen LogP contribution in [0.15, 0.2) is 0 Å². The molecule has 1 amide bonds.